The van der Waals surface area contributed by atoms with E-state index >= 15 is 0 Å². The van der Waals surface area contributed by atoms with Crippen molar-refractivity contribution in [1.82, 2.24) is 14.8 Å². The molecule has 2 aliphatic heterocycles. The smallest absolute Gasteiger partial charge is 0.227 e. The predicted octanol–water partition coefficient (Wildman–Crippen LogP) is 2.93. The molecule has 2 aromatic heterocycles. The van der Waals surface area contributed by atoms with Gasteiger partial charge in [-0.15, -0.1) is 0 Å². The summed E-state index contributed by atoms with van der Waals surface area (Å²) in [5.74, 6) is 1.42. The van der Waals surface area contributed by atoms with Gasteiger partial charge in [-0.1, -0.05) is 0 Å². The minimum Gasteiger partial charge on any atom is -0.468 e. The molecule has 6 heteroatoms. The molecule has 2 aliphatic rings. The molecule has 28 heavy (non-hydrogen) atoms. The predicted molar refractivity (Wildman–Crippen MR) is 109 cm³/mol. The van der Waals surface area contributed by atoms with Crippen molar-refractivity contribution in [3.63, 3.8) is 0 Å². The molecule has 0 saturated carbocycles. The quantitative estimate of drug-likeness (QED) is 0.814. The standard InChI is InChI=1S/C22H30N4O2/c1-18-15-23-8-7-21(18)25-10-4-11-26(13-12-25)22(27)19-5-2-9-24(16-19)17-20-6-3-14-28-20/h3,6-8,14-15,19H,2,4-5,9-13,16-17H2,1H3. The zero-order valence-electron chi connectivity index (χ0n) is 16.7. The zero-order valence-corrected chi connectivity index (χ0v) is 16.7. The van der Waals surface area contributed by atoms with Crippen LogP contribution >= 0.6 is 0 Å². The second-order valence-corrected chi connectivity index (χ2v) is 7.98. The maximum Gasteiger partial charge on any atom is 0.227 e. The summed E-state index contributed by atoms with van der Waals surface area (Å²) < 4.78 is 5.48. The third kappa shape index (κ3) is 4.38. The highest BCUT2D eigenvalue weighted by Gasteiger charge is 2.30. The molecule has 6 nitrogen and oxygen atoms in total. The van der Waals surface area contributed by atoms with Gasteiger partial charge >= 0.3 is 0 Å². The van der Waals surface area contributed by atoms with Crippen LogP contribution in [0.4, 0.5) is 5.69 Å². The summed E-state index contributed by atoms with van der Waals surface area (Å²) in [6, 6.07) is 6.02. The molecule has 2 fully saturated rings. The van der Waals surface area contributed by atoms with E-state index in [-0.39, 0.29) is 5.92 Å². The molecule has 1 atom stereocenters. The van der Waals surface area contributed by atoms with Gasteiger partial charge in [0.05, 0.1) is 18.7 Å². The summed E-state index contributed by atoms with van der Waals surface area (Å²) >= 11 is 0. The Hall–Kier alpha value is -2.34. The number of furan rings is 1. The van der Waals surface area contributed by atoms with E-state index in [0.29, 0.717) is 5.91 Å². The maximum atomic E-state index is 13.2. The fraction of sp³-hybridized carbons (Fsp3) is 0.545. The number of pyridine rings is 1. The van der Waals surface area contributed by atoms with Gasteiger partial charge in [-0.05, 0) is 56.5 Å². The van der Waals surface area contributed by atoms with Crippen LogP contribution in [0.15, 0.2) is 41.3 Å². The molecule has 0 bridgehead atoms. The van der Waals surface area contributed by atoms with Crippen LogP contribution < -0.4 is 4.90 Å². The normalized spacial score (nSPS) is 21.5. The molecule has 150 valence electrons. The third-order valence-corrected chi connectivity index (χ3v) is 5.95. The number of carbonyl (C=O) groups excluding carboxylic acids is 1. The number of nitrogens with zero attached hydrogens (tertiary/aromatic N) is 4. The highest BCUT2D eigenvalue weighted by atomic mass is 16.3. The Morgan fingerprint density at radius 2 is 2.11 bits per heavy atom. The fourth-order valence-corrected chi connectivity index (χ4v) is 4.48. The summed E-state index contributed by atoms with van der Waals surface area (Å²) in [4.78, 5) is 24.3. The van der Waals surface area contributed by atoms with Crippen molar-refractivity contribution >= 4 is 11.6 Å². The van der Waals surface area contributed by atoms with Gasteiger partial charge in [-0.25, -0.2) is 0 Å². The number of aromatic nitrogens is 1. The first-order valence-corrected chi connectivity index (χ1v) is 10.4. The molecular formula is C22H30N4O2. The first kappa shape index (κ1) is 19.0. The van der Waals surface area contributed by atoms with Gasteiger partial charge in [-0.2, -0.15) is 0 Å². The van der Waals surface area contributed by atoms with Crippen molar-refractivity contribution in [2.24, 2.45) is 5.92 Å². The summed E-state index contributed by atoms with van der Waals surface area (Å²) in [6.45, 7) is 8.31. The topological polar surface area (TPSA) is 52.8 Å². The number of aryl methyl sites for hydroxylation is 1. The fourth-order valence-electron chi connectivity index (χ4n) is 4.48. The lowest BCUT2D eigenvalue weighted by molar-refractivity contribution is -0.137. The Balaban J connectivity index is 1.35. The van der Waals surface area contributed by atoms with Gasteiger partial charge < -0.3 is 14.2 Å². The monoisotopic (exact) mass is 382 g/mol. The van der Waals surface area contributed by atoms with Crippen molar-refractivity contribution in [3.05, 3.63) is 48.2 Å². The highest BCUT2D eigenvalue weighted by Crippen LogP contribution is 2.23. The van der Waals surface area contributed by atoms with Gasteiger partial charge in [0, 0.05) is 50.8 Å². The van der Waals surface area contributed by atoms with Gasteiger partial charge in [0.2, 0.25) is 5.91 Å². The molecular weight excluding hydrogens is 352 g/mol. The first-order valence-electron chi connectivity index (χ1n) is 10.4. The van der Waals surface area contributed by atoms with E-state index in [9.17, 15) is 4.79 Å². The molecule has 0 aromatic carbocycles. The van der Waals surface area contributed by atoms with Gasteiger partial charge in [-0.3, -0.25) is 14.7 Å². The van der Waals surface area contributed by atoms with Crippen LogP contribution in [0.5, 0.6) is 0 Å². The lowest BCUT2D eigenvalue weighted by atomic mass is 9.96. The van der Waals surface area contributed by atoms with Crippen LogP contribution in [0, 0.1) is 12.8 Å². The van der Waals surface area contributed by atoms with Crippen molar-refractivity contribution in [3.8, 4) is 0 Å². The van der Waals surface area contributed by atoms with Crippen LogP contribution in [-0.4, -0.2) is 60.0 Å². The molecule has 4 heterocycles. The Bertz CT molecular complexity index is 777. The minimum atomic E-state index is 0.109. The van der Waals surface area contributed by atoms with Crippen LogP contribution in [0.3, 0.4) is 0 Å². The number of carbonyl (C=O) groups is 1. The zero-order chi connectivity index (χ0) is 19.3. The summed E-state index contributed by atoms with van der Waals surface area (Å²) in [6.07, 6.45) is 8.57. The summed E-state index contributed by atoms with van der Waals surface area (Å²) in [5, 5.41) is 0. The molecule has 4 rings (SSSR count). The Kier molecular flexibility index (Phi) is 5.95. The molecule has 0 aliphatic carbocycles. The van der Waals surface area contributed by atoms with E-state index < -0.39 is 0 Å². The van der Waals surface area contributed by atoms with Crippen molar-refractivity contribution in [2.75, 3.05) is 44.2 Å². The van der Waals surface area contributed by atoms with E-state index in [1.54, 1.807) is 6.26 Å². The Labute approximate surface area is 167 Å². The maximum absolute atomic E-state index is 13.2. The average Bonchev–Trinajstić information content (AvgIpc) is 3.10. The van der Waals surface area contributed by atoms with Gasteiger partial charge in [0.25, 0.3) is 0 Å². The second kappa shape index (κ2) is 8.78. The number of hydrogen-bond donors (Lipinski definition) is 0. The van der Waals surface area contributed by atoms with Gasteiger partial charge in [0.15, 0.2) is 0 Å². The number of rotatable bonds is 4. The molecule has 0 N–H and O–H groups in total. The summed E-state index contributed by atoms with van der Waals surface area (Å²) in [7, 11) is 0. The molecule has 2 aromatic rings. The summed E-state index contributed by atoms with van der Waals surface area (Å²) in [5.41, 5.74) is 2.44. The molecule has 2 saturated heterocycles. The number of anilines is 1. The van der Waals surface area contributed by atoms with Gasteiger partial charge in [0.1, 0.15) is 5.76 Å². The number of piperidine rings is 1. The van der Waals surface area contributed by atoms with E-state index in [1.807, 2.05) is 24.5 Å². The second-order valence-electron chi connectivity index (χ2n) is 7.98. The SMILES string of the molecule is Cc1cnccc1N1CCCN(C(=O)C2CCCN(Cc3ccco3)C2)CC1. The van der Waals surface area contributed by atoms with Crippen LogP contribution in [0.1, 0.15) is 30.6 Å². The molecule has 0 spiro atoms. The van der Waals surface area contributed by atoms with E-state index in [2.05, 4.69) is 32.7 Å². The van der Waals surface area contributed by atoms with E-state index in [0.717, 1.165) is 70.8 Å². The lowest BCUT2D eigenvalue weighted by Crippen LogP contribution is -2.45. The van der Waals surface area contributed by atoms with Crippen molar-refractivity contribution in [2.45, 2.75) is 32.7 Å². The van der Waals surface area contributed by atoms with Crippen molar-refractivity contribution < 1.29 is 9.21 Å². The van der Waals surface area contributed by atoms with Crippen LogP contribution in [0.25, 0.3) is 0 Å². The Morgan fingerprint density at radius 3 is 2.93 bits per heavy atom. The van der Waals surface area contributed by atoms with E-state index in [1.165, 1.54) is 11.3 Å². The van der Waals surface area contributed by atoms with Crippen molar-refractivity contribution in [1.29, 1.82) is 0 Å². The molecule has 0 radical (unpaired) electrons. The van der Waals surface area contributed by atoms with E-state index in [4.69, 9.17) is 4.42 Å². The first-order chi connectivity index (χ1) is 13.7. The van der Waals surface area contributed by atoms with Crippen LogP contribution in [0.2, 0.25) is 0 Å². The number of likely N-dealkylation sites (tertiary alicyclic amines) is 1. The lowest BCUT2D eigenvalue weighted by Gasteiger charge is -2.34. The largest absolute Gasteiger partial charge is 0.468 e. The number of hydrogen-bond acceptors (Lipinski definition) is 5. The Morgan fingerprint density at radius 1 is 1.18 bits per heavy atom. The third-order valence-electron chi connectivity index (χ3n) is 5.95. The molecule has 1 unspecified atom stereocenters. The van der Waals surface area contributed by atoms with Crippen LogP contribution in [-0.2, 0) is 11.3 Å². The minimum absolute atomic E-state index is 0.109. The number of amides is 1. The average molecular weight is 383 g/mol. The highest BCUT2D eigenvalue weighted by molar-refractivity contribution is 5.79. The molecule has 1 amide bonds.